The standard InChI is InChI=1S/C24H35N3O4S/c1-18(28)19-8-12-23(13-9-19)32(30,31)25-21-10-6-20(7-11-21)24(29)27-16-14-26(15-17-27)22-4-2-3-5-22/h8-9,12-13,20-22,25H,2-7,10-11,14-17H2,1H3/t20-,21-. The first-order chi connectivity index (χ1) is 15.3. The summed E-state index contributed by atoms with van der Waals surface area (Å²) >= 11 is 0. The van der Waals surface area contributed by atoms with Gasteiger partial charge < -0.3 is 4.90 Å². The number of amides is 1. The van der Waals surface area contributed by atoms with E-state index >= 15 is 0 Å². The molecule has 0 atom stereocenters. The first kappa shape index (κ1) is 23.4. The van der Waals surface area contributed by atoms with E-state index in [4.69, 9.17) is 0 Å². The molecule has 3 fully saturated rings. The van der Waals surface area contributed by atoms with Crippen molar-refractivity contribution in [3.63, 3.8) is 0 Å². The molecule has 2 aliphatic carbocycles. The monoisotopic (exact) mass is 461 g/mol. The summed E-state index contributed by atoms with van der Waals surface area (Å²) in [4.78, 5) is 29.2. The number of sulfonamides is 1. The molecule has 0 bridgehead atoms. The zero-order valence-corrected chi connectivity index (χ0v) is 19.8. The highest BCUT2D eigenvalue weighted by atomic mass is 32.2. The Balaban J connectivity index is 1.25. The number of nitrogens with one attached hydrogen (secondary N) is 1. The molecule has 0 radical (unpaired) electrons. The van der Waals surface area contributed by atoms with Gasteiger partial charge in [0.25, 0.3) is 0 Å². The lowest BCUT2D eigenvalue weighted by molar-refractivity contribution is -0.138. The Kier molecular flexibility index (Phi) is 7.32. The zero-order chi connectivity index (χ0) is 22.7. The van der Waals surface area contributed by atoms with Gasteiger partial charge in [0.1, 0.15) is 0 Å². The highest BCUT2D eigenvalue weighted by Gasteiger charge is 2.34. The highest BCUT2D eigenvalue weighted by Crippen LogP contribution is 2.29. The summed E-state index contributed by atoms with van der Waals surface area (Å²) in [6.07, 6.45) is 8.05. The average Bonchev–Trinajstić information content (AvgIpc) is 3.34. The van der Waals surface area contributed by atoms with Crippen molar-refractivity contribution in [3.05, 3.63) is 29.8 Å². The fraction of sp³-hybridized carbons (Fsp3) is 0.667. The van der Waals surface area contributed by atoms with Crippen LogP contribution in [0.15, 0.2) is 29.2 Å². The molecule has 176 valence electrons. The van der Waals surface area contributed by atoms with E-state index in [9.17, 15) is 18.0 Å². The third kappa shape index (κ3) is 5.41. The van der Waals surface area contributed by atoms with Gasteiger partial charge in [0.2, 0.25) is 15.9 Å². The van der Waals surface area contributed by atoms with Crippen molar-refractivity contribution in [2.24, 2.45) is 5.92 Å². The lowest BCUT2D eigenvalue weighted by atomic mass is 9.85. The Hall–Kier alpha value is -1.77. The topological polar surface area (TPSA) is 86.8 Å². The zero-order valence-electron chi connectivity index (χ0n) is 19.0. The number of carbonyl (C=O) groups is 2. The lowest BCUT2D eigenvalue weighted by Gasteiger charge is -2.40. The molecule has 1 N–H and O–H groups in total. The minimum Gasteiger partial charge on any atom is -0.340 e. The van der Waals surface area contributed by atoms with Gasteiger partial charge in [0.15, 0.2) is 5.78 Å². The van der Waals surface area contributed by atoms with E-state index in [0.717, 1.165) is 45.1 Å². The first-order valence-electron chi connectivity index (χ1n) is 12.0. The second kappa shape index (κ2) is 10.0. The Morgan fingerprint density at radius 2 is 1.47 bits per heavy atom. The van der Waals surface area contributed by atoms with Crippen LogP contribution >= 0.6 is 0 Å². The van der Waals surface area contributed by atoms with Crippen LogP contribution in [0.2, 0.25) is 0 Å². The molecule has 0 unspecified atom stereocenters. The minimum absolute atomic E-state index is 0.00337. The molecule has 2 saturated carbocycles. The highest BCUT2D eigenvalue weighted by molar-refractivity contribution is 7.89. The summed E-state index contributed by atoms with van der Waals surface area (Å²) in [6, 6.07) is 6.58. The summed E-state index contributed by atoms with van der Waals surface area (Å²) < 4.78 is 28.2. The van der Waals surface area contributed by atoms with E-state index in [1.165, 1.54) is 44.7 Å². The molecule has 32 heavy (non-hydrogen) atoms. The number of piperazine rings is 1. The SMILES string of the molecule is CC(=O)c1ccc(S(=O)(=O)N[C@H]2CC[C@H](C(=O)N3CCN(C4CCCC4)CC3)CC2)cc1. The Bertz CT molecular complexity index is 909. The molecular formula is C24H35N3O4S. The van der Waals surface area contributed by atoms with Crippen LogP contribution in [0, 0.1) is 5.92 Å². The van der Waals surface area contributed by atoms with Crippen LogP contribution in [0.5, 0.6) is 0 Å². The molecule has 1 aromatic rings. The Morgan fingerprint density at radius 1 is 0.875 bits per heavy atom. The third-order valence-corrected chi connectivity index (χ3v) is 8.97. The molecule has 4 rings (SSSR count). The number of Topliss-reactive ketones (excluding diaryl/α,β-unsaturated/α-hetero) is 1. The second-order valence-corrected chi connectivity index (χ2v) is 11.3. The molecule has 1 amide bonds. The number of hydrogen-bond donors (Lipinski definition) is 1. The molecule has 1 saturated heterocycles. The van der Waals surface area contributed by atoms with E-state index in [1.807, 2.05) is 4.90 Å². The van der Waals surface area contributed by atoms with Crippen molar-refractivity contribution in [1.82, 2.24) is 14.5 Å². The summed E-state index contributed by atoms with van der Waals surface area (Å²) in [5.74, 6) is 0.158. The van der Waals surface area contributed by atoms with Gasteiger partial charge >= 0.3 is 0 Å². The number of ketones is 1. The molecule has 3 aliphatic rings. The van der Waals surface area contributed by atoms with Crippen molar-refractivity contribution >= 4 is 21.7 Å². The Labute approximate surface area is 191 Å². The van der Waals surface area contributed by atoms with Gasteiger partial charge in [0, 0.05) is 49.7 Å². The van der Waals surface area contributed by atoms with Crippen molar-refractivity contribution in [1.29, 1.82) is 0 Å². The molecule has 0 aromatic heterocycles. The van der Waals surface area contributed by atoms with Crippen molar-refractivity contribution in [3.8, 4) is 0 Å². The van der Waals surface area contributed by atoms with E-state index < -0.39 is 10.0 Å². The number of nitrogens with zero attached hydrogens (tertiary/aromatic N) is 2. The number of rotatable bonds is 6. The van der Waals surface area contributed by atoms with E-state index in [2.05, 4.69) is 9.62 Å². The van der Waals surface area contributed by atoms with Crippen LogP contribution in [-0.4, -0.2) is 68.2 Å². The summed E-state index contributed by atoms with van der Waals surface area (Å²) in [6.45, 7) is 5.05. The fourth-order valence-electron chi connectivity index (χ4n) is 5.45. The minimum atomic E-state index is -3.64. The van der Waals surface area contributed by atoms with E-state index in [1.54, 1.807) is 12.1 Å². The second-order valence-electron chi connectivity index (χ2n) is 9.55. The molecular weight excluding hydrogens is 426 g/mol. The predicted octanol–water partition coefficient (Wildman–Crippen LogP) is 2.81. The maximum Gasteiger partial charge on any atom is 0.240 e. The van der Waals surface area contributed by atoms with Crippen LogP contribution in [0.25, 0.3) is 0 Å². The first-order valence-corrected chi connectivity index (χ1v) is 13.5. The molecule has 0 spiro atoms. The Morgan fingerprint density at radius 3 is 2.03 bits per heavy atom. The third-order valence-electron chi connectivity index (χ3n) is 7.44. The number of benzene rings is 1. The maximum atomic E-state index is 13.0. The molecule has 1 heterocycles. The number of carbonyl (C=O) groups excluding carboxylic acids is 2. The average molecular weight is 462 g/mol. The van der Waals surface area contributed by atoms with Gasteiger partial charge in [0.05, 0.1) is 4.90 Å². The van der Waals surface area contributed by atoms with Gasteiger partial charge in [-0.25, -0.2) is 13.1 Å². The summed E-state index contributed by atoms with van der Waals surface area (Å²) in [5, 5.41) is 0. The maximum absolute atomic E-state index is 13.0. The number of hydrogen-bond acceptors (Lipinski definition) is 5. The van der Waals surface area contributed by atoms with Gasteiger partial charge in [-0.1, -0.05) is 25.0 Å². The van der Waals surface area contributed by atoms with E-state index in [-0.39, 0.29) is 28.5 Å². The van der Waals surface area contributed by atoms with Crippen LogP contribution in [0.1, 0.15) is 68.6 Å². The van der Waals surface area contributed by atoms with Gasteiger partial charge in [-0.2, -0.15) is 0 Å². The smallest absolute Gasteiger partial charge is 0.240 e. The molecule has 7 nitrogen and oxygen atoms in total. The normalized spacial score (nSPS) is 25.7. The van der Waals surface area contributed by atoms with Gasteiger partial charge in [-0.15, -0.1) is 0 Å². The molecule has 8 heteroatoms. The largest absolute Gasteiger partial charge is 0.340 e. The van der Waals surface area contributed by atoms with Crippen molar-refractivity contribution in [2.75, 3.05) is 26.2 Å². The van der Waals surface area contributed by atoms with Gasteiger partial charge in [-0.05, 0) is 57.6 Å². The quantitative estimate of drug-likeness (QED) is 0.659. The fourth-order valence-corrected chi connectivity index (χ4v) is 6.75. The van der Waals surface area contributed by atoms with Crippen LogP contribution < -0.4 is 4.72 Å². The lowest BCUT2D eigenvalue weighted by Crippen LogP contribution is -2.53. The summed E-state index contributed by atoms with van der Waals surface area (Å²) in [7, 11) is -3.64. The van der Waals surface area contributed by atoms with Crippen molar-refractivity contribution in [2.45, 2.75) is 75.3 Å². The van der Waals surface area contributed by atoms with Crippen LogP contribution in [-0.2, 0) is 14.8 Å². The van der Waals surface area contributed by atoms with Crippen LogP contribution in [0.4, 0.5) is 0 Å². The van der Waals surface area contributed by atoms with Crippen LogP contribution in [0.3, 0.4) is 0 Å². The van der Waals surface area contributed by atoms with Crippen molar-refractivity contribution < 1.29 is 18.0 Å². The van der Waals surface area contributed by atoms with Gasteiger partial charge in [-0.3, -0.25) is 14.5 Å². The predicted molar refractivity (Wildman–Crippen MR) is 123 cm³/mol. The molecule has 1 aliphatic heterocycles. The van der Waals surface area contributed by atoms with E-state index in [0.29, 0.717) is 18.4 Å². The molecule has 1 aromatic carbocycles. The summed E-state index contributed by atoms with van der Waals surface area (Å²) in [5.41, 5.74) is 0.493.